The quantitative estimate of drug-likeness (QED) is 0.562. The zero-order chi connectivity index (χ0) is 21.5. The van der Waals surface area contributed by atoms with E-state index in [9.17, 15) is 4.79 Å². The number of aryl methyl sites for hydroxylation is 2. The number of nitrogens with zero attached hydrogens (tertiary/aromatic N) is 5. The summed E-state index contributed by atoms with van der Waals surface area (Å²) >= 11 is 0. The SMILES string of the molecule is COc1ccc(-c2n[nH]c(CNC(=O)CCc3c(C)nn(CCC#N)c3C)n2)cc1. The lowest BCUT2D eigenvalue weighted by Crippen LogP contribution is -2.23. The largest absolute Gasteiger partial charge is 0.497 e. The highest BCUT2D eigenvalue weighted by molar-refractivity contribution is 5.76. The topological polar surface area (TPSA) is 122 Å². The van der Waals surface area contributed by atoms with Crippen LogP contribution in [0, 0.1) is 25.2 Å². The molecule has 1 aromatic carbocycles. The first-order valence-electron chi connectivity index (χ1n) is 9.74. The molecule has 30 heavy (non-hydrogen) atoms. The van der Waals surface area contributed by atoms with Crippen molar-refractivity contribution < 1.29 is 9.53 Å². The van der Waals surface area contributed by atoms with Gasteiger partial charge in [-0.2, -0.15) is 15.5 Å². The normalized spacial score (nSPS) is 10.6. The number of H-pyrrole nitrogens is 1. The van der Waals surface area contributed by atoms with Crippen LogP contribution >= 0.6 is 0 Å². The number of carbonyl (C=O) groups excluding carboxylic acids is 1. The van der Waals surface area contributed by atoms with E-state index in [-0.39, 0.29) is 12.5 Å². The molecule has 0 radical (unpaired) electrons. The van der Waals surface area contributed by atoms with Gasteiger partial charge in [0.2, 0.25) is 5.91 Å². The first-order chi connectivity index (χ1) is 14.5. The molecular formula is C21H25N7O2. The van der Waals surface area contributed by atoms with Gasteiger partial charge in [0.05, 0.1) is 38.4 Å². The third-order valence-electron chi connectivity index (χ3n) is 4.90. The zero-order valence-corrected chi connectivity index (χ0v) is 17.4. The summed E-state index contributed by atoms with van der Waals surface area (Å²) in [5.74, 6) is 1.85. The fraction of sp³-hybridized carbons (Fsp3) is 0.381. The van der Waals surface area contributed by atoms with E-state index in [2.05, 4.69) is 31.7 Å². The number of amides is 1. The minimum absolute atomic E-state index is 0.0685. The molecule has 156 valence electrons. The molecular weight excluding hydrogens is 382 g/mol. The maximum Gasteiger partial charge on any atom is 0.220 e. The molecule has 9 heteroatoms. The van der Waals surface area contributed by atoms with Gasteiger partial charge in [-0.05, 0) is 50.1 Å². The average Bonchev–Trinajstić information content (AvgIpc) is 3.34. The summed E-state index contributed by atoms with van der Waals surface area (Å²) in [4.78, 5) is 16.7. The predicted octanol–water partition coefficient (Wildman–Crippen LogP) is 2.46. The van der Waals surface area contributed by atoms with Crippen molar-refractivity contribution in [2.24, 2.45) is 0 Å². The molecule has 9 nitrogen and oxygen atoms in total. The number of aromatic nitrogens is 5. The molecule has 0 saturated heterocycles. The van der Waals surface area contributed by atoms with E-state index < -0.39 is 0 Å². The molecule has 0 spiro atoms. The summed E-state index contributed by atoms with van der Waals surface area (Å²) in [6, 6.07) is 9.58. The van der Waals surface area contributed by atoms with E-state index in [0.717, 1.165) is 28.3 Å². The van der Waals surface area contributed by atoms with Gasteiger partial charge in [0, 0.05) is 17.7 Å². The molecule has 0 atom stereocenters. The molecule has 2 aromatic heterocycles. The molecule has 0 fully saturated rings. The summed E-state index contributed by atoms with van der Waals surface area (Å²) in [5.41, 5.74) is 3.83. The number of nitriles is 1. The number of nitrogens with one attached hydrogen (secondary N) is 2. The second-order valence-corrected chi connectivity index (χ2v) is 6.89. The van der Waals surface area contributed by atoms with Gasteiger partial charge in [-0.25, -0.2) is 4.98 Å². The van der Waals surface area contributed by atoms with E-state index in [1.165, 1.54) is 0 Å². The summed E-state index contributed by atoms with van der Waals surface area (Å²) in [5, 5.41) is 23.1. The molecule has 2 heterocycles. The Labute approximate surface area is 175 Å². The van der Waals surface area contributed by atoms with E-state index in [0.29, 0.717) is 37.5 Å². The van der Waals surface area contributed by atoms with Crippen molar-refractivity contribution in [2.45, 2.75) is 46.2 Å². The highest BCUT2D eigenvalue weighted by Gasteiger charge is 2.13. The van der Waals surface area contributed by atoms with Crippen molar-refractivity contribution in [3.63, 3.8) is 0 Å². The highest BCUT2D eigenvalue weighted by atomic mass is 16.5. The van der Waals surface area contributed by atoms with E-state index >= 15 is 0 Å². The van der Waals surface area contributed by atoms with Gasteiger partial charge in [0.15, 0.2) is 5.82 Å². The molecule has 0 aliphatic rings. The molecule has 3 rings (SSSR count). The Hall–Kier alpha value is -3.67. The maximum atomic E-state index is 12.3. The van der Waals surface area contributed by atoms with Crippen LogP contribution in [0.25, 0.3) is 11.4 Å². The molecule has 0 unspecified atom stereocenters. The number of carbonyl (C=O) groups is 1. The zero-order valence-electron chi connectivity index (χ0n) is 17.4. The number of rotatable bonds is 9. The molecule has 0 aliphatic heterocycles. The van der Waals surface area contributed by atoms with Crippen LogP contribution in [-0.2, 0) is 24.3 Å². The third-order valence-corrected chi connectivity index (χ3v) is 4.90. The highest BCUT2D eigenvalue weighted by Crippen LogP contribution is 2.19. The van der Waals surface area contributed by atoms with Crippen molar-refractivity contribution >= 4 is 5.91 Å². The van der Waals surface area contributed by atoms with Gasteiger partial charge in [0.25, 0.3) is 0 Å². The second-order valence-electron chi connectivity index (χ2n) is 6.89. The Morgan fingerprint density at radius 2 is 2.07 bits per heavy atom. The Morgan fingerprint density at radius 3 is 2.77 bits per heavy atom. The fourth-order valence-corrected chi connectivity index (χ4v) is 3.22. The molecule has 1 amide bonds. The third kappa shape index (κ3) is 5.03. The van der Waals surface area contributed by atoms with Gasteiger partial charge in [-0.15, -0.1) is 0 Å². The van der Waals surface area contributed by atoms with Crippen molar-refractivity contribution in [2.75, 3.05) is 7.11 Å². The van der Waals surface area contributed by atoms with Crippen LogP contribution in [-0.4, -0.2) is 38.0 Å². The lowest BCUT2D eigenvalue weighted by atomic mass is 10.1. The number of hydrogen-bond donors (Lipinski definition) is 2. The number of methoxy groups -OCH3 is 1. The molecule has 0 saturated carbocycles. The summed E-state index contributed by atoms with van der Waals surface area (Å²) < 4.78 is 6.98. The number of hydrogen-bond acceptors (Lipinski definition) is 6. The minimum Gasteiger partial charge on any atom is -0.497 e. The number of aromatic amines is 1. The van der Waals surface area contributed by atoms with Crippen LogP contribution < -0.4 is 10.1 Å². The van der Waals surface area contributed by atoms with Gasteiger partial charge >= 0.3 is 0 Å². The first kappa shape index (κ1) is 21.0. The van der Waals surface area contributed by atoms with E-state index in [1.54, 1.807) is 7.11 Å². The van der Waals surface area contributed by atoms with Crippen LogP contribution in [0.2, 0.25) is 0 Å². The van der Waals surface area contributed by atoms with Crippen LogP contribution in [0.5, 0.6) is 5.75 Å². The predicted molar refractivity (Wildman–Crippen MR) is 110 cm³/mol. The van der Waals surface area contributed by atoms with Crippen molar-refractivity contribution in [3.8, 4) is 23.2 Å². The number of benzene rings is 1. The van der Waals surface area contributed by atoms with Crippen molar-refractivity contribution in [1.82, 2.24) is 30.3 Å². The van der Waals surface area contributed by atoms with Gasteiger partial charge in [-0.1, -0.05) is 0 Å². The smallest absolute Gasteiger partial charge is 0.220 e. The summed E-state index contributed by atoms with van der Waals surface area (Å²) in [7, 11) is 1.62. The van der Waals surface area contributed by atoms with Crippen LogP contribution in [0.3, 0.4) is 0 Å². The summed E-state index contributed by atoms with van der Waals surface area (Å²) in [6.45, 7) is 4.75. The molecule has 0 aliphatic carbocycles. The average molecular weight is 407 g/mol. The maximum absolute atomic E-state index is 12.3. The summed E-state index contributed by atoms with van der Waals surface area (Å²) in [6.07, 6.45) is 1.37. The Kier molecular flexibility index (Phi) is 6.80. The molecule has 3 aromatic rings. The molecule has 0 bridgehead atoms. The lowest BCUT2D eigenvalue weighted by molar-refractivity contribution is -0.121. The second kappa shape index (κ2) is 9.69. The van der Waals surface area contributed by atoms with Crippen molar-refractivity contribution in [1.29, 1.82) is 5.26 Å². The Morgan fingerprint density at radius 1 is 1.30 bits per heavy atom. The molecule has 2 N–H and O–H groups in total. The monoisotopic (exact) mass is 407 g/mol. The van der Waals surface area contributed by atoms with E-state index in [1.807, 2.05) is 42.8 Å². The van der Waals surface area contributed by atoms with Gasteiger partial charge < -0.3 is 10.1 Å². The first-order valence-corrected chi connectivity index (χ1v) is 9.74. The Balaban J connectivity index is 1.51. The van der Waals surface area contributed by atoms with Crippen LogP contribution in [0.4, 0.5) is 0 Å². The van der Waals surface area contributed by atoms with Gasteiger partial charge in [-0.3, -0.25) is 14.6 Å². The van der Waals surface area contributed by atoms with Gasteiger partial charge in [0.1, 0.15) is 11.6 Å². The van der Waals surface area contributed by atoms with Crippen LogP contribution in [0.1, 0.15) is 35.6 Å². The standard InChI is InChI=1S/C21H25N7O2/c1-14-18(15(2)28(27-14)12-4-11-22)9-10-20(29)23-13-19-24-21(26-25-19)16-5-7-17(30-3)8-6-16/h5-8H,4,9-10,12-13H2,1-3H3,(H,23,29)(H,24,25,26). The van der Waals surface area contributed by atoms with Crippen LogP contribution in [0.15, 0.2) is 24.3 Å². The lowest BCUT2D eigenvalue weighted by Gasteiger charge is -2.05. The fourth-order valence-electron chi connectivity index (χ4n) is 3.22. The Bertz CT molecular complexity index is 1040. The van der Waals surface area contributed by atoms with Crippen molar-refractivity contribution in [3.05, 3.63) is 47.0 Å². The van der Waals surface area contributed by atoms with E-state index in [4.69, 9.17) is 10.00 Å². The minimum atomic E-state index is -0.0685. The number of ether oxygens (including phenoxy) is 1.